The second kappa shape index (κ2) is 11.5. The number of aliphatic hydroxyl groups excluding tert-OH is 2. The molecule has 2 fully saturated rings. The molecule has 16 heteroatoms. The van der Waals surface area contributed by atoms with Crippen molar-refractivity contribution in [1.82, 2.24) is 34.9 Å². The summed E-state index contributed by atoms with van der Waals surface area (Å²) in [6, 6.07) is 0.642. The highest BCUT2D eigenvalue weighted by Crippen LogP contribution is 2.34. The minimum atomic E-state index is -1.61. The third-order valence-electron chi connectivity index (χ3n) is 7.44. The molecule has 2 aromatic heterocycles. The van der Waals surface area contributed by atoms with Crippen molar-refractivity contribution >= 4 is 6.09 Å². The van der Waals surface area contributed by atoms with E-state index in [0.717, 1.165) is 12.1 Å². The van der Waals surface area contributed by atoms with E-state index in [2.05, 4.69) is 20.6 Å². The summed E-state index contributed by atoms with van der Waals surface area (Å²) in [7, 11) is 1.41. The van der Waals surface area contributed by atoms with Crippen LogP contribution in [-0.2, 0) is 16.0 Å². The van der Waals surface area contributed by atoms with E-state index in [1.54, 1.807) is 10.9 Å². The molecular formula is C24H28F3N7O6. The average Bonchev–Trinajstić information content (AvgIpc) is 3.62. The maximum absolute atomic E-state index is 13.8. The van der Waals surface area contributed by atoms with Crippen LogP contribution in [0.15, 0.2) is 24.5 Å². The summed E-state index contributed by atoms with van der Waals surface area (Å²) in [5, 5.41) is 46.4. The van der Waals surface area contributed by atoms with E-state index in [-0.39, 0.29) is 23.7 Å². The van der Waals surface area contributed by atoms with Crippen molar-refractivity contribution in [2.24, 2.45) is 0 Å². The number of methoxy groups -OCH3 is 1. The van der Waals surface area contributed by atoms with Gasteiger partial charge in [-0.3, -0.25) is 0 Å². The zero-order valence-corrected chi connectivity index (χ0v) is 21.3. The lowest BCUT2D eigenvalue weighted by atomic mass is 9.92. The van der Waals surface area contributed by atoms with Gasteiger partial charge >= 0.3 is 6.09 Å². The lowest BCUT2D eigenvalue weighted by Crippen LogP contribution is -2.57. The fourth-order valence-electron chi connectivity index (χ4n) is 5.31. The molecular weight excluding hydrogens is 539 g/mol. The first kappa shape index (κ1) is 27.9. The van der Waals surface area contributed by atoms with Crippen LogP contribution in [0.1, 0.15) is 30.5 Å². The van der Waals surface area contributed by atoms with Crippen LogP contribution in [0, 0.1) is 17.5 Å². The third-order valence-corrected chi connectivity index (χ3v) is 7.44. The van der Waals surface area contributed by atoms with Gasteiger partial charge in [0.1, 0.15) is 36.2 Å². The predicted molar refractivity (Wildman–Crippen MR) is 129 cm³/mol. The van der Waals surface area contributed by atoms with Crippen molar-refractivity contribution in [3.8, 4) is 11.3 Å². The van der Waals surface area contributed by atoms with Crippen LogP contribution in [0.5, 0.6) is 0 Å². The van der Waals surface area contributed by atoms with Gasteiger partial charge in [-0.15, -0.1) is 10.2 Å². The van der Waals surface area contributed by atoms with Crippen molar-refractivity contribution in [3.05, 3.63) is 47.7 Å². The minimum Gasteiger partial charge on any atom is -0.465 e. The predicted octanol–water partition coefficient (Wildman–Crippen LogP) is 1.19. The van der Waals surface area contributed by atoms with Crippen molar-refractivity contribution in [2.75, 3.05) is 26.8 Å². The third kappa shape index (κ3) is 5.39. The Kier molecular flexibility index (Phi) is 8.02. The smallest absolute Gasteiger partial charge is 0.407 e. The molecule has 216 valence electrons. The highest BCUT2D eigenvalue weighted by molar-refractivity contribution is 5.65. The molecule has 0 spiro atoms. The number of likely N-dealkylation sites (tertiary alicyclic amines) is 1. The molecule has 3 aromatic rings. The second-order valence-electron chi connectivity index (χ2n) is 9.82. The number of aromatic nitrogens is 6. The fraction of sp³-hybridized carbons (Fsp3) is 0.542. The second-order valence-corrected chi connectivity index (χ2v) is 9.82. The summed E-state index contributed by atoms with van der Waals surface area (Å²) in [4.78, 5) is 12.5. The first-order chi connectivity index (χ1) is 19.2. The van der Waals surface area contributed by atoms with Crippen LogP contribution < -0.4 is 0 Å². The largest absolute Gasteiger partial charge is 0.465 e. The molecule has 13 nitrogen and oxygen atoms in total. The topological polar surface area (TPSA) is 161 Å². The van der Waals surface area contributed by atoms with E-state index in [9.17, 15) is 28.2 Å². The van der Waals surface area contributed by atoms with Gasteiger partial charge in [0.2, 0.25) is 0 Å². The van der Waals surface area contributed by atoms with Gasteiger partial charge in [0.15, 0.2) is 17.5 Å². The number of amides is 1. The summed E-state index contributed by atoms with van der Waals surface area (Å²) in [5.41, 5.74) is 0.681. The number of benzene rings is 1. The zero-order chi connectivity index (χ0) is 28.6. The molecule has 0 saturated carbocycles. The molecule has 1 amide bonds. The first-order valence-electron chi connectivity index (χ1n) is 12.6. The molecule has 2 aliphatic rings. The maximum atomic E-state index is 13.8. The first-order valence-corrected chi connectivity index (χ1v) is 12.6. The van der Waals surface area contributed by atoms with E-state index in [1.165, 1.54) is 22.9 Å². The van der Waals surface area contributed by atoms with Gasteiger partial charge in [0.25, 0.3) is 0 Å². The Morgan fingerprint density at radius 1 is 1.10 bits per heavy atom. The standard InChI is InChI=1S/C24H28F3N7O6/c1-39-23-18(10-33-8-16(28-30-33)12-2-4-32(5-3-12)24(37)38)40-19(11-35)22(36)21(23)34-9-17(29-31-34)13-6-14(25)20(27)15(26)7-13/h6-9,12,18-19,21-23,35-36H,2-5,10-11H2,1H3,(H,37,38)/t18-,19-,21+,22+,23+/m1/s1. The van der Waals surface area contributed by atoms with Gasteiger partial charge in [-0.05, 0) is 25.0 Å². The molecule has 0 bridgehead atoms. The monoisotopic (exact) mass is 567 g/mol. The lowest BCUT2D eigenvalue weighted by Gasteiger charge is -2.43. The van der Waals surface area contributed by atoms with Gasteiger partial charge in [-0.25, -0.2) is 27.3 Å². The number of ether oxygens (including phenoxy) is 2. The number of carbonyl (C=O) groups is 1. The Labute approximate surface area is 225 Å². The molecule has 5 atom stereocenters. The van der Waals surface area contributed by atoms with Crippen LogP contribution in [-0.4, -0.2) is 108 Å². The molecule has 0 unspecified atom stereocenters. The molecule has 2 saturated heterocycles. The summed E-state index contributed by atoms with van der Waals surface area (Å²) >= 11 is 0. The molecule has 2 aliphatic heterocycles. The summed E-state index contributed by atoms with van der Waals surface area (Å²) in [6.45, 7) is 0.415. The Balaban J connectivity index is 1.35. The van der Waals surface area contributed by atoms with E-state index in [4.69, 9.17) is 14.6 Å². The number of halogens is 3. The normalized spacial score (nSPS) is 25.9. The van der Waals surface area contributed by atoms with Gasteiger partial charge in [-0.2, -0.15) is 0 Å². The van der Waals surface area contributed by atoms with Gasteiger partial charge in [0, 0.05) is 37.9 Å². The SMILES string of the molecule is CO[C@@H]1[C@@H](n2cc(-c3cc(F)c(F)c(F)c3)nn2)[C@@H](O)[C@@H](CO)O[C@@H]1Cn1cc(C2CCN(C(=O)O)CC2)nn1. The van der Waals surface area contributed by atoms with Crippen molar-refractivity contribution < 1.29 is 42.8 Å². The lowest BCUT2D eigenvalue weighted by molar-refractivity contribution is -0.216. The van der Waals surface area contributed by atoms with Gasteiger partial charge in [0.05, 0.1) is 25.0 Å². The summed E-state index contributed by atoms with van der Waals surface area (Å²) < 4.78 is 55.4. The van der Waals surface area contributed by atoms with Crippen molar-refractivity contribution in [1.29, 1.82) is 0 Å². The Hall–Kier alpha value is -3.60. The fourth-order valence-corrected chi connectivity index (χ4v) is 5.31. The van der Waals surface area contributed by atoms with Crippen LogP contribution in [0.4, 0.5) is 18.0 Å². The molecule has 3 N–H and O–H groups in total. The number of nitrogens with zero attached hydrogens (tertiary/aromatic N) is 7. The average molecular weight is 568 g/mol. The van der Waals surface area contributed by atoms with Gasteiger partial charge in [-0.1, -0.05) is 10.4 Å². The summed E-state index contributed by atoms with van der Waals surface area (Å²) in [6.07, 6.45) is -0.546. The van der Waals surface area contributed by atoms with Crippen LogP contribution in [0.25, 0.3) is 11.3 Å². The number of aliphatic hydroxyl groups is 2. The van der Waals surface area contributed by atoms with Crippen LogP contribution >= 0.6 is 0 Å². The minimum absolute atomic E-state index is 0.0262. The van der Waals surface area contributed by atoms with E-state index >= 15 is 0 Å². The molecule has 0 radical (unpaired) electrons. The number of hydrogen-bond acceptors (Lipinski definition) is 9. The van der Waals surface area contributed by atoms with Crippen LogP contribution in [0.2, 0.25) is 0 Å². The number of carboxylic acid groups (broad SMARTS) is 1. The number of hydrogen-bond donors (Lipinski definition) is 3. The van der Waals surface area contributed by atoms with Gasteiger partial charge < -0.3 is 29.7 Å². The molecule has 0 aliphatic carbocycles. The maximum Gasteiger partial charge on any atom is 0.407 e. The Bertz CT molecular complexity index is 1320. The molecule has 5 rings (SSSR count). The van der Waals surface area contributed by atoms with Crippen molar-refractivity contribution in [2.45, 2.75) is 55.8 Å². The highest BCUT2D eigenvalue weighted by Gasteiger charge is 2.47. The number of piperidine rings is 1. The van der Waals surface area contributed by atoms with E-state index in [0.29, 0.717) is 31.6 Å². The van der Waals surface area contributed by atoms with E-state index in [1.807, 2.05) is 0 Å². The Morgan fingerprint density at radius 2 is 1.80 bits per heavy atom. The summed E-state index contributed by atoms with van der Waals surface area (Å²) in [5.74, 6) is -4.33. The van der Waals surface area contributed by atoms with Crippen molar-refractivity contribution in [3.63, 3.8) is 0 Å². The highest BCUT2D eigenvalue weighted by atomic mass is 19.2. The Morgan fingerprint density at radius 3 is 2.42 bits per heavy atom. The van der Waals surface area contributed by atoms with E-state index < -0.39 is 60.6 Å². The molecule has 1 aromatic carbocycles. The quantitative estimate of drug-likeness (QED) is 0.354. The number of rotatable bonds is 7. The van der Waals surface area contributed by atoms with Crippen LogP contribution in [0.3, 0.4) is 0 Å². The molecule has 40 heavy (non-hydrogen) atoms. The zero-order valence-electron chi connectivity index (χ0n) is 21.3. The molecule has 4 heterocycles.